The molecule has 0 aliphatic heterocycles. The summed E-state index contributed by atoms with van der Waals surface area (Å²) in [5.74, 6) is 0. The molecular formula is C12H19NS. The number of hydrogen-bond donors (Lipinski definition) is 1. The SMILES string of the molecule is CNC(C)C1(CCc2cccs2)CC1. The molecule has 1 heterocycles. The van der Waals surface area contributed by atoms with Crippen molar-refractivity contribution in [1.82, 2.24) is 5.32 Å². The van der Waals surface area contributed by atoms with Gasteiger partial charge in [0.25, 0.3) is 0 Å². The maximum Gasteiger partial charge on any atom is 0.00923 e. The van der Waals surface area contributed by atoms with Crippen LogP contribution in [0.5, 0.6) is 0 Å². The van der Waals surface area contributed by atoms with Gasteiger partial charge in [0, 0.05) is 10.9 Å². The highest BCUT2D eigenvalue weighted by Crippen LogP contribution is 2.52. The maximum absolute atomic E-state index is 3.40. The van der Waals surface area contributed by atoms with E-state index in [0.29, 0.717) is 11.5 Å². The van der Waals surface area contributed by atoms with E-state index in [2.05, 4.69) is 36.8 Å². The van der Waals surface area contributed by atoms with E-state index >= 15 is 0 Å². The zero-order valence-electron chi connectivity index (χ0n) is 9.05. The highest BCUT2D eigenvalue weighted by Gasteiger charge is 2.45. The Hall–Kier alpha value is -0.340. The Bertz CT molecular complexity index is 275. The standard InChI is InChI=1S/C12H19NS/c1-10(13-2)12(7-8-12)6-5-11-4-3-9-14-11/h3-4,9-10,13H,5-8H2,1-2H3. The monoisotopic (exact) mass is 209 g/mol. The highest BCUT2D eigenvalue weighted by atomic mass is 32.1. The fraction of sp³-hybridized carbons (Fsp3) is 0.667. The Morgan fingerprint density at radius 3 is 2.86 bits per heavy atom. The molecule has 1 unspecified atom stereocenters. The summed E-state index contributed by atoms with van der Waals surface area (Å²) in [5, 5.41) is 5.58. The molecule has 1 N–H and O–H groups in total. The Balaban J connectivity index is 1.86. The molecule has 1 aromatic heterocycles. The van der Waals surface area contributed by atoms with Gasteiger partial charge in [-0.05, 0) is 56.5 Å². The lowest BCUT2D eigenvalue weighted by Gasteiger charge is -2.22. The van der Waals surface area contributed by atoms with Crippen LogP contribution >= 0.6 is 11.3 Å². The van der Waals surface area contributed by atoms with Gasteiger partial charge in [0.1, 0.15) is 0 Å². The molecule has 0 bridgehead atoms. The van der Waals surface area contributed by atoms with Crippen LogP contribution in [-0.2, 0) is 6.42 Å². The fourth-order valence-electron chi connectivity index (χ4n) is 2.19. The van der Waals surface area contributed by atoms with Crippen LogP contribution < -0.4 is 5.32 Å². The molecule has 14 heavy (non-hydrogen) atoms. The van der Waals surface area contributed by atoms with Crippen molar-refractivity contribution < 1.29 is 0 Å². The molecule has 0 radical (unpaired) electrons. The number of nitrogens with one attached hydrogen (secondary N) is 1. The Morgan fingerprint density at radius 1 is 1.57 bits per heavy atom. The van der Waals surface area contributed by atoms with E-state index in [1.165, 1.54) is 25.7 Å². The zero-order valence-corrected chi connectivity index (χ0v) is 9.86. The largest absolute Gasteiger partial charge is 0.317 e. The fourth-order valence-corrected chi connectivity index (χ4v) is 2.90. The zero-order chi connectivity index (χ0) is 10.0. The van der Waals surface area contributed by atoms with E-state index in [1.54, 1.807) is 4.88 Å². The minimum Gasteiger partial charge on any atom is -0.317 e. The van der Waals surface area contributed by atoms with Gasteiger partial charge in [-0.1, -0.05) is 6.07 Å². The third-order valence-corrected chi connectivity index (χ3v) is 4.63. The predicted octanol–water partition coefficient (Wildman–Crippen LogP) is 3.07. The van der Waals surface area contributed by atoms with Crippen molar-refractivity contribution in [2.75, 3.05) is 7.05 Å². The van der Waals surface area contributed by atoms with E-state index in [0.717, 1.165) is 0 Å². The van der Waals surface area contributed by atoms with E-state index in [-0.39, 0.29) is 0 Å². The Labute approximate surface area is 90.5 Å². The Morgan fingerprint density at radius 2 is 2.36 bits per heavy atom. The molecule has 1 aromatic rings. The molecule has 1 nitrogen and oxygen atoms in total. The molecule has 1 aliphatic rings. The van der Waals surface area contributed by atoms with Gasteiger partial charge in [-0.15, -0.1) is 11.3 Å². The summed E-state index contributed by atoms with van der Waals surface area (Å²) in [6, 6.07) is 5.09. The molecule has 1 fully saturated rings. The maximum atomic E-state index is 3.40. The van der Waals surface area contributed by atoms with Crippen molar-refractivity contribution in [2.24, 2.45) is 5.41 Å². The first kappa shape index (κ1) is 10.2. The van der Waals surface area contributed by atoms with Crippen molar-refractivity contribution in [3.63, 3.8) is 0 Å². The topological polar surface area (TPSA) is 12.0 Å². The van der Waals surface area contributed by atoms with E-state index < -0.39 is 0 Å². The van der Waals surface area contributed by atoms with Crippen molar-refractivity contribution in [3.05, 3.63) is 22.4 Å². The summed E-state index contributed by atoms with van der Waals surface area (Å²) in [5.41, 5.74) is 0.624. The summed E-state index contributed by atoms with van der Waals surface area (Å²) in [4.78, 5) is 1.54. The smallest absolute Gasteiger partial charge is 0.00923 e. The summed E-state index contributed by atoms with van der Waals surface area (Å²) >= 11 is 1.89. The molecule has 78 valence electrons. The lowest BCUT2D eigenvalue weighted by molar-refractivity contribution is 0.348. The molecular weight excluding hydrogens is 190 g/mol. The second-order valence-corrected chi connectivity index (χ2v) is 5.48. The van der Waals surface area contributed by atoms with E-state index in [9.17, 15) is 0 Å². The summed E-state index contributed by atoms with van der Waals surface area (Å²) in [7, 11) is 2.08. The van der Waals surface area contributed by atoms with Crippen LogP contribution in [0.3, 0.4) is 0 Å². The van der Waals surface area contributed by atoms with Crippen LogP contribution in [0, 0.1) is 5.41 Å². The molecule has 2 heteroatoms. The lowest BCUT2D eigenvalue weighted by Crippen LogP contribution is -2.32. The van der Waals surface area contributed by atoms with Gasteiger partial charge in [-0.3, -0.25) is 0 Å². The number of thiophene rings is 1. The van der Waals surface area contributed by atoms with Gasteiger partial charge in [-0.25, -0.2) is 0 Å². The second kappa shape index (κ2) is 4.03. The van der Waals surface area contributed by atoms with Gasteiger partial charge in [-0.2, -0.15) is 0 Å². The number of aryl methyl sites for hydroxylation is 1. The molecule has 1 atom stereocenters. The molecule has 0 spiro atoms. The average Bonchev–Trinajstić information content (AvgIpc) is 2.83. The molecule has 0 aromatic carbocycles. The minimum atomic E-state index is 0.624. The molecule has 0 saturated heterocycles. The molecule has 1 saturated carbocycles. The average molecular weight is 209 g/mol. The highest BCUT2D eigenvalue weighted by molar-refractivity contribution is 7.09. The molecule has 2 rings (SSSR count). The molecule has 1 aliphatic carbocycles. The Kier molecular flexibility index (Phi) is 2.93. The van der Waals surface area contributed by atoms with Crippen molar-refractivity contribution >= 4 is 11.3 Å². The van der Waals surface area contributed by atoms with Crippen LogP contribution in [0.1, 0.15) is 31.1 Å². The second-order valence-electron chi connectivity index (χ2n) is 4.45. The third kappa shape index (κ3) is 2.01. The first-order chi connectivity index (χ1) is 6.77. The third-order valence-electron chi connectivity index (χ3n) is 3.69. The summed E-state index contributed by atoms with van der Waals surface area (Å²) in [6.45, 7) is 2.32. The van der Waals surface area contributed by atoms with Crippen LogP contribution in [0.4, 0.5) is 0 Å². The van der Waals surface area contributed by atoms with Crippen molar-refractivity contribution in [2.45, 2.75) is 38.6 Å². The number of rotatable bonds is 5. The quantitative estimate of drug-likeness (QED) is 0.786. The van der Waals surface area contributed by atoms with Gasteiger partial charge >= 0.3 is 0 Å². The minimum absolute atomic E-state index is 0.624. The van der Waals surface area contributed by atoms with E-state index in [4.69, 9.17) is 0 Å². The first-order valence-corrected chi connectivity index (χ1v) is 6.34. The first-order valence-electron chi connectivity index (χ1n) is 5.46. The predicted molar refractivity (Wildman–Crippen MR) is 62.8 cm³/mol. The summed E-state index contributed by atoms with van der Waals surface area (Å²) in [6.07, 6.45) is 5.46. The van der Waals surface area contributed by atoms with Gasteiger partial charge in [0.2, 0.25) is 0 Å². The van der Waals surface area contributed by atoms with E-state index in [1.807, 2.05) is 11.3 Å². The van der Waals surface area contributed by atoms with Gasteiger partial charge < -0.3 is 5.32 Å². The van der Waals surface area contributed by atoms with Crippen LogP contribution in [-0.4, -0.2) is 13.1 Å². The van der Waals surface area contributed by atoms with Crippen molar-refractivity contribution in [1.29, 1.82) is 0 Å². The van der Waals surface area contributed by atoms with Gasteiger partial charge in [0.05, 0.1) is 0 Å². The normalized spacial score (nSPS) is 20.7. The number of hydrogen-bond acceptors (Lipinski definition) is 2. The van der Waals surface area contributed by atoms with Crippen LogP contribution in [0.25, 0.3) is 0 Å². The van der Waals surface area contributed by atoms with Crippen LogP contribution in [0.2, 0.25) is 0 Å². The lowest BCUT2D eigenvalue weighted by atomic mass is 9.92. The summed E-state index contributed by atoms with van der Waals surface area (Å²) < 4.78 is 0. The molecule has 0 amide bonds. The van der Waals surface area contributed by atoms with Crippen LogP contribution in [0.15, 0.2) is 17.5 Å². The van der Waals surface area contributed by atoms with Gasteiger partial charge in [0.15, 0.2) is 0 Å². The van der Waals surface area contributed by atoms with Crippen molar-refractivity contribution in [3.8, 4) is 0 Å².